The summed E-state index contributed by atoms with van der Waals surface area (Å²) in [5.41, 5.74) is 5.17. The van der Waals surface area contributed by atoms with E-state index in [1.165, 1.54) is 4.90 Å². The molecule has 0 saturated heterocycles. The van der Waals surface area contributed by atoms with Gasteiger partial charge < -0.3 is 11.1 Å². The fourth-order valence-corrected chi connectivity index (χ4v) is 1.74. The second-order valence-corrected chi connectivity index (χ2v) is 4.19. The van der Waals surface area contributed by atoms with E-state index >= 15 is 0 Å². The van der Waals surface area contributed by atoms with Gasteiger partial charge in [0.2, 0.25) is 5.91 Å². The van der Waals surface area contributed by atoms with E-state index in [2.05, 4.69) is 5.32 Å². The molecule has 18 heavy (non-hydrogen) atoms. The van der Waals surface area contributed by atoms with Crippen LogP contribution in [-0.2, 0) is 4.79 Å². The highest BCUT2D eigenvalue weighted by atomic mass is 19.4. The maximum atomic E-state index is 12.3. The maximum Gasteiger partial charge on any atom is 0.401 e. The van der Waals surface area contributed by atoms with Crippen LogP contribution in [0.1, 0.15) is 26.7 Å². The average Bonchev–Trinajstić information content (AvgIpc) is 2.21. The second-order valence-electron chi connectivity index (χ2n) is 4.19. The van der Waals surface area contributed by atoms with Gasteiger partial charge in [-0.05, 0) is 25.9 Å². The number of nitrogens with two attached hydrogens (primary N) is 1. The van der Waals surface area contributed by atoms with E-state index in [-0.39, 0.29) is 6.54 Å². The zero-order valence-corrected chi connectivity index (χ0v) is 10.9. The van der Waals surface area contributed by atoms with Crippen molar-refractivity contribution in [1.82, 2.24) is 10.2 Å². The molecule has 0 aliphatic carbocycles. The molecule has 0 rings (SSSR count). The van der Waals surface area contributed by atoms with Gasteiger partial charge in [0, 0.05) is 6.54 Å². The van der Waals surface area contributed by atoms with Crippen molar-refractivity contribution in [3.8, 4) is 0 Å². The summed E-state index contributed by atoms with van der Waals surface area (Å²) in [7, 11) is 0. The number of hydrogen-bond donors (Lipinski definition) is 2. The summed E-state index contributed by atoms with van der Waals surface area (Å²) >= 11 is 0. The molecule has 0 aromatic rings. The van der Waals surface area contributed by atoms with Gasteiger partial charge in [-0.15, -0.1) is 0 Å². The Balaban J connectivity index is 4.27. The van der Waals surface area contributed by atoms with Crippen molar-refractivity contribution in [2.75, 3.05) is 26.2 Å². The lowest BCUT2D eigenvalue weighted by atomic mass is 10.2. The third kappa shape index (κ3) is 8.30. The Morgan fingerprint density at radius 1 is 1.33 bits per heavy atom. The first kappa shape index (κ1) is 17.2. The number of primary amides is 1. The van der Waals surface area contributed by atoms with Crippen molar-refractivity contribution >= 4 is 5.91 Å². The first-order valence-electron chi connectivity index (χ1n) is 6.12. The lowest BCUT2D eigenvalue weighted by Crippen LogP contribution is -2.44. The molecular weight excluding hydrogens is 247 g/mol. The zero-order valence-electron chi connectivity index (χ0n) is 10.9. The smallest absolute Gasteiger partial charge is 0.368 e. The van der Waals surface area contributed by atoms with Crippen molar-refractivity contribution in [2.45, 2.75) is 38.9 Å². The highest BCUT2D eigenvalue weighted by Crippen LogP contribution is 2.17. The summed E-state index contributed by atoms with van der Waals surface area (Å²) in [6.45, 7) is 3.80. The van der Waals surface area contributed by atoms with Crippen LogP contribution in [0.3, 0.4) is 0 Å². The standard InChI is InChI=1S/C11H22F3N3O/c1-3-6-17(8-11(12,13)14)7-5-9(10(15)18)16-4-2/h9,16H,3-8H2,1-2H3,(H2,15,18). The van der Waals surface area contributed by atoms with Crippen LogP contribution in [0.2, 0.25) is 0 Å². The SMILES string of the molecule is CCCN(CCC(NCC)C(N)=O)CC(F)(F)F. The number of carbonyl (C=O) groups is 1. The number of nitrogens with zero attached hydrogens (tertiary/aromatic N) is 1. The summed E-state index contributed by atoms with van der Waals surface area (Å²) in [6.07, 6.45) is -3.28. The summed E-state index contributed by atoms with van der Waals surface area (Å²) in [5.74, 6) is -0.527. The molecule has 4 nitrogen and oxygen atoms in total. The van der Waals surface area contributed by atoms with Crippen molar-refractivity contribution in [3.05, 3.63) is 0 Å². The fraction of sp³-hybridized carbons (Fsp3) is 0.909. The first-order valence-corrected chi connectivity index (χ1v) is 6.12. The monoisotopic (exact) mass is 269 g/mol. The molecule has 7 heteroatoms. The van der Waals surface area contributed by atoms with Crippen LogP contribution in [0.25, 0.3) is 0 Å². The molecular formula is C11H22F3N3O. The number of carbonyl (C=O) groups excluding carboxylic acids is 1. The second kappa shape index (κ2) is 8.31. The van der Waals surface area contributed by atoms with Gasteiger partial charge in [-0.3, -0.25) is 9.69 Å². The van der Waals surface area contributed by atoms with Gasteiger partial charge >= 0.3 is 6.18 Å². The van der Waals surface area contributed by atoms with Crippen LogP contribution in [0.5, 0.6) is 0 Å². The van der Waals surface area contributed by atoms with Crippen LogP contribution >= 0.6 is 0 Å². The molecule has 0 aliphatic heterocycles. The Morgan fingerprint density at radius 3 is 2.33 bits per heavy atom. The van der Waals surface area contributed by atoms with Crippen molar-refractivity contribution in [2.24, 2.45) is 5.73 Å². The van der Waals surface area contributed by atoms with Gasteiger partial charge in [0.05, 0.1) is 12.6 Å². The van der Waals surface area contributed by atoms with Crippen LogP contribution in [0, 0.1) is 0 Å². The van der Waals surface area contributed by atoms with E-state index in [1.807, 2.05) is 13.8 Å². The number of nitrogens with one attached hydrogen (secondary N) is 1. The fourth-order valence-electron chi connectivity index (χ4n) is 1.74. The summed E-state index contributed by atoms with van der Waals surface area (Å²) < 4.78 is 36.9. The van der Waals surface area contributed by atoms with E-state index in [9.17, 15) is 18.0 Å². The molecule has 0 aromatic carbocycles. The van der Waals surface area contributed by atoms with Gasteiger partial charge in [0.15, 0.2) is 0 Å². The van der Waals surface area contributed by atoms with Gasteiger partial charge in [-0.25, -0.2) is 0 Å². The van der Waals surface area contributed by atoms with Crippen LogP contribution in [-0.4, -0.2) is 49.2 Å². The number of amides is 1. The number of rotatable bonds is 9. The number of halogens is 3. The van der Waals surface area contributed by atoms with E-state index < -0.39 is 24.7 Å². The third-order valence-corrected chi connectivity index (χ3v) is 2.47. The minimum absolute atomic E-state index is 0.202. The Kier molecular flexibility index (Phi) is 7.93. The van der Waals surface area contributed by atoms with Gasteiger partial charge in [0.1, 0.15) is 0 Å². The molecule has 108 valence electrons. The highest BCUT2D eigenvalue weighted by Gasteiger charge is 2.30. The first-order chi connectivity index (χ1) is 8.30. The summed E-state index contributed by atoms with van der Waals surface area (Å²) in [6, 6.07) is -0.567. The molecule has 0 bridgehead atoms. The van der Waals surface area contributed by atoms with E-state index in [4.69, 9.17) is 5.73 Å². The van der Waals surface area contributed by atoms with Crippen LogP contribution in [0.4, 0.5) is 13.2 Å². The van der Waals surface area contributed by atoms with Crippen molar-refractivity contribution < 1.29 is 18.0 Å². The molecule has 0 spiro atoms. The number of likely N-dealkylation sites (N-methyl/N-ethyl adjacent to an activating group) is 1. The predicted molar refractivity (Wildman–Crippen MR) is 64.1 cm³/mol. The lowest BCUT2D eigenvalue weighted by Gasteiger charge is -2.25. The zero-order chi connectivity index (χ0) is 14.2. The van der Waals surface area contributed by atoms with E-state index in [0.29, 0.717) is 25.9 Å². The largest absolute Gasteiger partial charge is 0.401 e. The molecule has 3 N–H and O–H groups in total. The molecule has 0 aromatic heterocycles. The minimum atomic E-state index is -4.21. The Hall–Kier alpha value is -0.820. The van der Waals surface area contributed by atoms with E-state index in [0.717, 1.165) is 0 Å². The normalized spacial score (nSPS) is 13.9. The number of alkyl halides is 3. The minimum Gasteiger partial charge on any atom is -0.368 e. The third-order valence-electron chi connectivity index (χ3n) is 2.47. The average molecular weight is 269 g/mol. The van der Waals surface area contributed by atoms with Crippen LogP contribution in [0.15, 0.2) is 0 Å². The van der Waals surface area contributed by atoms with Gasteiger partial charge in [0.25, 0.3) is 0 Å². The summed E-state index contributed by atoms with van der Waals surface area (Å²) in [5, 5.41) is 2.86. The van der Waals surface area contributed by atoms with Crippen molar-refractivity contribution in [3.63, 3.8) is 0 Å². The Bertz CT molecular complexity index is 246. The van der Waals surface area contributed by atoms with Crippen LogP contribution < -0.4 is 11.1 Å². The summed E-state index contributed by atoms with van der Waals surface area (Å²) in [4.78, 5) is 12.4. The molecule has 0 aliphatic rings. The predicted octanol–water partition coefficient (Wildman–Crippen LogP) is 1.11. The van der Waals surface area contributed by atoms with Crippen molar-refractivity contribution in [1.29, 1.82) is 0 Å². The molecule has 1 atom stereocenters. The quantitative estimate of drug-likeness (QED) is 0.659. The molecule has 1 amide bonds. The molecule has 0 saturated carbocycles. The van der Waals surface area contributed by atoms with E-state index in [1.54, 1.807) is 0 Å². The molecule has 0 fully saturated rings. The molecule has 0 heterocycles. The Labute approximate surface area is 106 Å². The van der Waals surface area contributed by atoms with Gasteiger partial charge in [-0.2, -0.15) is 13.2 Å². The maximum absolute atomic E-state index is 12.3. The highest BCUT2D eigenvalue weighted by molar-refractivity contribution is 5.79. The Morgan fingerprint density at radius 2 is 1.94 bits per heavy atom. The number of hydrogen-bond acceptors (Lipinski definition) is 3. The van der Waals surface area contributed by atoms with Gasteiger partial charge in [-0.1, -0.05) is 13.8 Å². The topological polar surface area (TPSA) is 58.4 Å². The molecule has 0 radical (unpaired) electrons. The molecule has 1 unspecified atom stereocenters. The lowest BCUT2D eigenvalue weighted by molar-refractivity contribution is -0.146.